The summed E-state index contributed by atoms with van der Waals surface area (Å²) in [6, 6.07) is 18.3. The van der Waals surface area contributed by atoms with E-state index in [-0.39, 0.29) is 11.6 Å². The Labute approximate surface area is 195 Å². The number of aliphatic imine (C=N–C) groups is 1. The number of hydrogen-bond acceptors (Lipinski definition) is 5. The first kappa shape index (κ1) is 21.9. The molecule has 4 rings (SSSR count). The highest BCUT2D eigenvalue weighted by Crippen LogP contribution is 2.34. The molecule has 0 saturated carbocycles. The molecule has 7 heteroatoms. The van der Waals surface area contributed by atoms with Gasteiger partial charge in [0.25, 0.3) is 0 Å². The molecule has 0 unspecified atom stereocenters. The van der Waals surface area contributed by atoms with Crippen LogP contribution < -0.4 is 9.47 Å². The Bertz CT molecular complexity index is 1250. The molecule has 3 aromatic carbocycles. The Hall–Kier alpha value is -3.28. The second kappa shape index (κ2) is 9.47. The summed E-state index contributed by atoms with van der Waals surface area (Å²) < 4.78 is 16.9. The normalized spacial score (nSPS) is 14.3. The lowest BCUT2D eigenvalue weighted by Crippen LogP contribution is -2.06. The predicted octanol–water partition coefficient (Wildman–Crippen LogP) is 6.23. The maximum absolute atomic E-state index is 12.5. The molecule has 0 aromatic heterocycles. The van der Waals surface area contributed by atoms with Crippen LogP contribution in [0.2, 0.25) is 10.0 Å². The van der Waals surface area contributed by atoms with E-state index in [4.69, 9.17) is 37.4 Å². The van der Waals surface area contributed by atoms with E-state index in [0.717, 1.165) is 11.1 Å². The van der Waals surface area contributed by atoms with Crippen molar-refractivity contribution in [2.45, 2.75) is 13.5 Å². The molecule has 0 atom stereocenters. The maximum atomic E-state index is 12.5. The van der Waals surface area contributed by atoms with Crippen LogP contribution in [0.5, 0.6) is 11.5 Å². The standard InChI is InChI=1S/C25H19Cl2NO4/c1-15-5-3-6-16(11-15)14-31-23-17(7-4-8-22(23)30-2)12-21-25(29)32-24(28-21)19-10-9-18(26)13-20(19)27/h3-13H,14H2,1-2H3/b21-12-. The Morgan fingerprint density at radius 3 is 2.62 bits per heavy atom. The minimum atomic E-state index is -0.585. The molecule has 5 nitrogen and oxygen atoms in total. The second-order valence-electron chi connectivity index (χ2n) is 7.12. The minimum absolute atomic E-state index is 0.119. The molecule has 0 bridgehead atoms. The number of halogens is 2. The Kier molecular flexibility index (Phi) is 6.49. The van der Waals surface area contributed by atoms with Gasteiger partial charge in [0.05, 0.1) is 17.7 Å². The highest BCUT2D eigenvalue weighted by molar-refractivity contribution is 6.37. The van der Waals surface area contributed by atoms with Crippen molar-refractivity contribution in [1.29, 1.82) is 0 Å². The lowest BCUT2D eigenvalue weighted by Gasteiger charge is -2.14. The highest BCUT2D eigenvalue weighted by atomic mass is 35.5. The van der Waals surface area contributed by atoms with Crippen molar-refractivity contribution in [1.82, 2.24) is 0 Å². The van der Waals surface area contributed by atoms with Crippen LogP contribution in [-0.2, 0) is 16.1 Å². The van der Waals surface area contributed by atoms with Crippen LogP contribution in [0.3, 0.4) is 0 Å². The van der Waals surface area contributed by atoms with Gasteiger partial charge < -0.3 is 14.2 Å². The van der Waals surface area contributed by atoms with Gasteiger partial charge in [-0.2, -0.15) is 0 Å². The van der Waals surface area contributed by atoms with Crippen molar-refractivity contribution in [2.75, 3.05) is 7.11 Å². The van der Waals surface area contributed by atoms with Crippen molar-refractivity contribution < 1.29 is 19.0 Å². The van der Waals surface area contributed by atoms with Crippen molar-refractivity contribution >= 4 is 41.1 Å². The molecule has 1 aliphatic heterocycles. The molecule has 32 heavy (non-hydrogen) atoms. The molecule has 0 saturated heterocycles. The number of rotatable bonds is 6. The summed E-state index contributed by atoms with van der Waals surface area (Å²) in [6.07, 6.45) is 1.60. The number of carbonyl (C=O) groups is 1. The van der Waals surface area contributed by atoms with Crippen LogP contribution in [0.4, 0.5) is 0 Å². The molecule has 0 amide bonds. The number of ether oxygens (including phenoxy) is 3. The molecule has 0 aliphatic carbocycles. The van der Waals surface area contributed by atoms with Gasteiger partial charge in [0.15, 0.2) is 17.2 Å². The molecule has 0 radical (unpaired) electrons. The molecule has 0 fully saturated rings. The van der Waals surface area contributed by atoms with E-state index in [9.17, 15) is 4.79 Å². The van der Waals surface area contributed by atoms with Crippen LogP contribution in [0, 0.1) is 6.92 Å². The van der Waals surface area contributed by atoms with Gasteiger partial charge >= 0.3 is 5.97 Å². The Morgan fingerprint density at radius 2 is 1.88 bits per heavy atom. The lowest BCUT2D eigenvalue weighted by molar-refractivity contribution is -0.129. The average molecular weight is 468 g/mol. The van der Waals surface area contributed by atoms with Gasteiger partial charge in [0.1, 0.15) is 6.61 Å². The third-order valence-corrected chi connectivity index (χ3v) is 5.32. The average Bonchev–Trinajstić information content (AvgIpc) is 3.12. The summed E-state index contributed by atoms with van der Waals surface area (Å²) in [5.41, 5.74) is 3.41. The minimum Gasteiger partial charge on any atom is -0.493 e. The monoisotopic (exact) mass is 467 g/mol. The largest absolute Gasteiger partial charge is 0.493 e. The summed E-state index contributed by atoms with van der Waals surface area (Å²) in [5.74, 6) is 0.583. The zero-order valence-electron chi connectivity index (χ0n) is 17.4. The van der Waals surface area contributed by atoms with Gasteiger partial charge in [0, 0.05) is 10.6 Å². The number of cyclic esters (lactones) is 1. The quantitative estimate of drug-likeness (QED) is 0.318. The van der Waals surface area contributed by atoms with Crippen LogP contribution >= 0.6 is 23.2 Å². The van der Waals surface area contributed by atoms with Crippen molar-refractivity contribution in [3.63, 3.8) is 0 Å². The third kappa shape index (κ3) is 4.79. The second-order valence-corrected chi connectivity index (χ2v) is 7.96. The molecule has 162 valence electrons. The lowest BCUT2D eigenvalue weighted by atomic mass is 10.1. The molecular formula is C25H19Cl2NO4. The summed E-state index contributed by atoms with van der Waals surface area (Å²) in [6.45, 7) is 2.37. The number of benzene rings is 3. The van der Waals surface area contributed by atoms with Gasteiger partial charge in [-0.1, -0.05) is 65.2 Å². The first-order valence-electron chi connectivity index (χ1n) is 9.78. The number of hydrogen-bond donors (Lipinski definition) is 0. The fourth-order valence-electron chi connectivity index (χ4n) is 3.25. The molecular weight excluding hydrogens is 449 g/mol. The van der Waals surface area contributed by atoms with E-state index in [1.807, 2.05) is 43.3 Å². The van der Waals surface area contributed by atoms with Crippen molar-refractivity contribution in [3.05, 3.63) is 98.7 Å². The number of nitrogens with zero attached hydrogens (tertiary/aromatic N) is 1. The van der Waals surface area contributed by atoms with Gasteiger partial charge in [-0.15, -0.1) is 0 Å². The number of esters is 1. The van der Waals surface area contributed by atoms with Gasteiger partial charge in [-0.3, -0.25) is 0 Å². The molecule has 1 heterocycles. The molecule has 0 N–H and O–H groups in total. The zero-order chi connectivity index (χ0) is 22.7. The molecule has 3 aromatic rings. The first-order chi connectivity index (χ1) is 15.4. The predicted molar refractivity (Wildman–Crippen MR) is 126 cm³/mol. The molecule has 0 spiro atoms. The van der Waals surface area contributed by atoms with E-state index in [0.29, 0.717) is 39.3 Å². The summed E-state index contributed by atoms with van der Waals surface area (Å²) in [5, 5.41) is 0.820. The SMILES string of the molecule is COc1cccc(/C=C2\N=C(c3ccc(Cl)cc3Cl)OC2=O)c1OCc1cccc(C)c1. The smallest absolute Gasteiger partial charge is 0.363 e. The fraction of sp³-hybridized carbons (Fsp3) is 0.120. The Balaban J connectivity index is 1.67. The first-order valence-corrected chi connectivity index (χ1v) is 10.5. The fourth-order valence-corrected chi connectivity index (χ4v) is 3.74. The van der Waals surface area contributed by atoms with E-state index in [1.54, 1.807) is 37.5 Å². The van der Waals surface area contributed by atoms with Crippen LogP contribution in [0.1, 0.15) is 22.3 Å². The topological polar surface area (TPSA) is 57.1 Å². The number of para-hydroxylation sites is 1. The van der Waals surface area contributed by atoms with Crippen molar-refractivity contribution in [3.8, 4) is 11.5 Å². The summed E-state index contributed by atoms with van der Waals surface area (Å²) in [4.78, 5) is 16.8. The van der Waals surface area contributed by atoms with Crippen LogP contribution in [0.25, 0.3) is 6.08 Å². The van der Waals surface area contributed by atoms with Crippen LogP contribution in [-0.4, -0.2) is 19.0 Å². The number of methoxy groups -OCH3 is 1. The van der Waals surface area contributed by atoms with E-state index in [2.05, 4.69) is 4.99 Å². The van der Waals surface area contributed by atoms with Gasteiger partial charge in [-0.25, -0.2) is 9.79 Å². The third-order valence-electron chi connectivity index (χ3n) is 4.77. The summed E-state index contributed by atoms with van der Waals surface area (Å²) in [7, 11) is 1.56. The Morgan fingerprint density at radius 1 is 1.06 bits per heavy atom. The molecule has 1 aliphatic rings. The van der Waals surface area contributed by atoms with E-state index in [1.165, 1.54) is 0 Å². The number of carbonyl (C=O) groups excluding carboxylic acids is 1. The zero-order valence-corrected chi connectivity index (χ0v) is 18.9. The number of aryl methyl sites for hydroxylation is 1. The van der Waals surface area contributed by atoms with Crippen LogP contribution in [0.15, 0.2) is 71.4 Å². The summed E-state index contributed by atoms with van der Waals surface area (Å²) >= 11 is 12.2. The maximum Gasteiger partial charge on any atom is 0.363 e. The van der Waals surface area contributed by atoms with E-state index < -0.39 is 5.97 Å². The van der Waals surface area contributed by atoms with Crippen molar-refractivity contribution in [2.24, 2.45) is 4.99 Å². The highest BCUT2D eigenvalue weighted by Gasteiger charge is 2.26. The van der Waals surface area contributed by atoms with Gasteiger partial charge in [-0.05, 0) is 42.8 Å². The van der Waals surface area contributed by atoms with Gasteiger partial charge in [0.2, 0.25) is 5.90 Å². The van der Waals surface area contributed by atoms with E-state index >= 15 is 0 Å².